The minimum Gasteiger partial charge on any atom is -0.495 e. The second-order valence-corrected chi connectivity index (χ2v) is 9.42. The lowest BCUT2D eigenvalue weighted by Gasteiger charge is -2.21. The van der Waals surface area contributed by atoms with Crippen LogP contribution in [0.25, 0.3) is 57.0 Å². The van der Waals surface area contributed by atoms with Gasteiger partial charge in [0, 0.05) is 47.0 Å². The van der Waals surface area contributed by atoms with E-state index < -0.39 is 0 Å². The van der Waals surface area contributed by atoms with Crippen molar-refractivity contribution in [3.8, 4) is 22.6 Å². The maximum absolute atomic E-state index is 6.20. The Bertz CT molecular complexity index is 1720. The van der Waals surface area contributed by atoms with Crippen molar-refractivity contribution >= 4 is 45.8 Å². The molecule has 0 saturated heterocycles. The molecule has 40 heavy (non-hydrogen) atoms. The van der Waals surface area contributed by atoms with Gasteiger partial charge in [0.05, 0.1) is 14.2 Å². The average molecular weight is 521 g/mol. The van der Waals surface area contributed by atoms with Crippen LogP contribution < -0.4 is 9.47 Å². The molecule has 6 rings (SSSR count). The zero-order valence-electron chi connectivity index (χ0n) is 22.4. The Balaban J connectivity index is 1.66. The van der Waals surface area contributed by atoms with Crippen LogP contribution in [0, 0.1) is 0 Å². The molecule has 4 aromatic carbocycles. The van der Waals surface area contributed by atoms with E-state index in [0.29, 0.717) is 0 Å². The van der Waals surface area contributed by atoms with E-state index >= 15 is 0 Å². The maximum Gasteiger partial charge on any atom is 0.134 e. The van der Waals surface area contributed by atoms with Crippen LogP contribution in [0.1, 0.15) is 22.3 Å². The number of pyridine rings is 2. The highest BCUT2D eigenvalue weighted by molar-refractivity contribution is 6.12. The maximum atomic E-state index is 6.20. The summed E-state index contributed by atoms with van der Waals surface area (Å²) in [7, 11) is 3.47. The molecule has 2 heterocycles. The molecular formula is C36H28N2O2. The Hall–Kier alpha value is -5.22. The molecule has 4 heteroatoms. The summed E-state index contributed by atoms with van der Waals surface area (Å²) in [5, 5.41) is 4.44. The molecule has 0 spiro atoms. The third-order valence-corrected chi connectivity index (χ3v) is 7.04. The van der Waals surface area contributed by atoms with Crippen LogP contribution in [0.2, 0.25) is 0 Å². The molecule has 0 atom stereocenters. The fraction of sp³-hybridized carbons (Fsp3) is 0.0556. The van der Waals surface area contributed by atoms with E-state index in [1.54, 1.807) is 39.0 Å². The van der Waals surface area contributed by atoms with Gasteiger partial charge in [0.1, 0.15) is 11.5 Å². The molecule has 0 fully saturated rings. The van der Waals surface area contributed by atoms with Gasteiger partial charge in [0.2, 0.25) is 0 Å². The number of benzene rings is 4. The Kier molecular flexibility index (Phi) is 7.06. The summed E-state index contributed by atoms with van der Waals surface area (Å²) in [6, 6.07) is 29.2. The molecular weight excluding hydrogens is 492 g/mol. The number of aromatic nitrogens is 2. The van der Waals surface area contributed by atoms with Gasteiger partial charge in [-0.25, -0.2) is 0 Å². The summed E-state index contributed by atoms with van der Waals surface area (Å²) >= 11 is 0. The van der Waals surface area contributed by atoms with Crippen molar-refractivity contribution in [2.45, 2.75) is 0 Å². The Morgan fingerprint density at radius 3 is 1.30 bits per heavy atom. The van der Waals surface area contributed by atoms with Gasteiger partial charge in [-0.2, -0.15) is 0 Å². The van der Waals surface area contributed by atoms with E-state index in [9.17, 15) is 0 Å². The van der Waals surface area contributed by atoms with Crippen molar-refractivity contribution in [3.63, 3.8) is 0 Å². The average Bonchev–Trinajstić information content (AvgIpc) is 3.02. The normalized spacial score (nSPS) is 11.6. The summed E-state index contributed by atoms with van der Waals surface area (Å²) in [6.07, 6.45) is 15.6. The monoisotopic (exact) mass is 520 g/mol. The largest absolute Gasteiger partial charge is 0.495 e. The Labute approximate surface area is 233 Å². The SMILES string of the molecule is COc1c(/C=C/c2ccncc2)cc2ccccc2c1-c1c(OC)c(/C=C/c2ccncc2)cc2ccccc12. The van der Waals surface area contributed by atoms with Crippen LogP contribution in [-0.2, 0) is 0 Å². The summed E-state index contributed by atoms with van der Waals surface area (Å²) in [5.74, 6) is 1.59. The molecule has 2 aromatic heterocycles. The van der Waals surface area contributed by atoms with Crippen molar-refractivity contribution in [1.82, 2.24) is 9.97 Å². The van der Waals surface area contributed by atoms with E-state index in [1.807, 2.05) is 24.3 Å². The van der Waals surface area contributed by atoms with Gasteiger partial charge in [-0.15, -0.1) is 0 Å². The zero-order valence-corrected chi connectivity index (χ0v) is 22.4. The van der Waals surface area contributed by atoms with Crippen LogP contribution in [-0.4, -0.2) is 24.2 Å². The number of nitrogens with zero attached hydrogens (tertiary/aromatic N) is 2. The minimum absolute atomic E-state index is 0.794. The predicted octanol–water partition coefficient (Wildman–Crippen LogP) is 8.81. The number of hydrogen-bond acceptors (Lipinski definition) is 4. The lowest BCUT2D eigenvalue weighted by molar-refractivity contribution is 0.410. The highest BCUT2D eigenvalue weighted by Crippen LogP contribution is 2.49. The van der Waals surface area contributed by atoms with Gasteiger partial charge < -0.3 is 9.47 Å². The van der Waals surface area contributed by atoms with Crippen LogP contribution in [0.4, 0.5) is 0 Å². The summed E-state index contributed by atoms with van der Waals surface area (Å²) in [4.78, 5) is 8.28. The molecule has 4 nitrogen and oxygen atoms in total. The van der Waals surface area contributed by atoms with Gasteiger partial charge >= 0.3 is 0 Å². The number of fused-ring (bicyclic) bond motifs is 2. The summed E-state index contributed by atoms with van der Waals surface area (Å²) in [6.45, 7) is 0. The van der Waals surface area contributed by atoms with E-state index in [1.165, 1.54) is 0 Å². The Morgan fingerprint density at radius 2 is 0.900 bits per heavy atom. The molecule has 0 radical (unpaired) electrons. The van der Waals surface area contributed by atoms with Crippen molar-refractivity contribution in [2.24, 2.45) is 0 Å². The number of hydrogen-bond donors (Lipinski definition) is 0. The van der Waals surface area contributed by atoms with E-state index in [-0.39, 0.29) is 0 Å². The predicted molar refractivity (Wildman–Crippen MR) is 166 cm³/mol. The molecule has 0 bridgehead atoms. The highest BCUT2D eigenvalue weighted by atomic mass is 16.5. The third kappa shape index (κ3) is 4.83. The second-order valence-electron chi connectivity index (χ2n) is 9.42. The molecule has 6 aromatic rings. The third-order valence-electron chi connectivity index (χ3n) is 7.04. The lowest BCUT2D eigenvalue weighted by atomic mass is 9.88. The second kappa shape index (κ2) is 11.3. The molecule has 194 valence electrons. The van der Waals surface area contributed by atoms with Crippen LogP contribution in [0.15, 0.2) is 110 Å². The number of rotatable bonds is 7. The first-order chi connectivity index (χ1) is 19.8. The van der Waals surface area contributed by atoms with Crippen molar-refractivity contribution in [3.05, 3.63) is 132 Å². The first kappa shape index (κ1) is 25.1. The first-order valence-electron chi connectivity index (χ1n) is 13.1. The fourth-order valence-electron chi connectivity index (χ4n) is 5.21. The fourth-order valence-corrected chi connectivity index (χ4v) is 5.21. The van der Waals surface area contributed by atoms with E-state index in [0.717, 1.165) is 66.4 Å². The van der Waals surface area contributed by atoms with Gasteiger partial charge in [-0.1, -0.05) is 72.8 Å². The van der Waals surface area contributed by atoms with Crippen LogP contribution in [0.3, 0.4) is 0 Å². The van der Waals surface area contributed by atoms with E-state index in [4.69, 9.17) is 9.47 Å². The lowest BCUT2D eigenvalue weighted by Crippen LogP contribution is -1.98. The molecule has 0 aliphatic carbocycles. The minimum atomic E-state index is 0.794. The molecule has 0 amide bonds. The molecule has 0 aliphatic heterocycles. The van der Waals surface area contributed by atoms with Crippen molar-refractivity contribution < 1.29 is 9.47 Å². The standard InChI is InChI=1S/C36H28N2O2/c1-39-35-29(13-11-25-15-19-37-20-16-25)23-27-7-3-5-9-31(27)33(35)34-32-10-6-4-8-28(32)24-30(36(34)40-2)14-12-26-17-21-38-22-18-26/h3-24H,1-2H3/b13-11+,14-12+. The summed E-state index contributed by atoms with van der Waals surface area (Å²) < 4.78 is 12.4. The quantitative estimate of drug-likeness (QED) is 0.211. The van der Waals surface area contributed by atoms with Crippen LogP contribution in [0.5, 0.6) is 11.5 Å². The smallest absolute Gasteiger partial charge is 0.134 e. The first-order valence-corrected chi connectivity index (χ1v) is 13.1. The van der Waals surface area contributed by atoms with Gasteiger partial charge in [0.25, 0.3) is 0 Å². The number of methoxy groups -OCH3 is 2. The van der Waals surface area contributed by atoms with Crippen molar-refractivity contribution in [1.29, 1.82) is 0 Å². The Morgan fingerprint density at radius 1 is 0.500 bits per heavy atom. The summed E-state index contributed by atoms with van der Waals surface area (Å²) in [5.41, 5.74) is 6.11. The molecule has 0 saturated carbocycles. The van der Waals surface area contributed by atoms with E-state index in [2.05, 4.69) is 94.9 Å². The van der Waals surface area contributed by atoms with Gasteiger partial charge in [-0.05, 0) is 69.1 Å². The molecule has 0 aliphatic rings. The zero-order chi connectivity index (χ0) is 27.3. The van der Waals surface area contributed by atoms with Gasteiger partial charge in [0.15, 0.2) is 0 Å². The molecule has 0 N–H and O–H groups in total. The van der Waals surface area contributed by atoms with Gasteiger partial charge in [-0.3, -0.25) is 9.97 Å². The van der Waals surface area contributed by atoms with Crippen LogP contribution >= 0.6 is 0 Å². The topological polar surface area (TPSA) is 44.2 Å². The van der Waals surface area contributed by atoms with Crippen molar-refractivity contribution in [2.75, 3.05) is 14.2 Å². The highest BCUT2D eigenvalue weighted by Gasteiger charge is 2.22. The number of ether oxygens (including phenoxy) is 2. The molecule has 0 unspecified atom stereocenters.